The summed E-state index contributed by atoms with van der Waals surface area (Å²) in [5.41, 5.74) is 0. The molecule has 1 aromatic heterocycles. The van der Waals surface area contributed by atoms with Gasteiger partial charge in [0, 0.05) is 12.8 Å². The molecule has 0 unspecified atom stereocenters. The number of hydrogen-bond donors (Lipinski definition) is 1. The van der Waals surface area contributed by atoms with Gasteiger partial charge in [0.25, 0.3) is 5.91 Å². The highest BCUT2D eigenvalue weighted by atomic mass is 32.2. The zero-order chi connectivity index (χ0) is 15.5. The molecule has 20 heavy (non-hydrogen) atoms. The fourth-order valence-electron chi connectivity index (χ4n) is 1.61. The van der Waals surface area contributed by atoms with Crippen LogP contribution in [0.3, 0.4) is 0 Å². The average molecular weight is 303 g/mol. The molecule has 7 nitrogen and oxygen atoms in total. The van der Waals surface area contributed by atoms with Crippen molar-refractivity contribution < 1.29 is 27.5 Å². The van der Waals surface area contributed by atoms with Crippen molar-refractivity contribution in [2.24, 2.45) is 5.92 Å². The fraction of sp³-hybridized carbons (Fsp3) is 0.500. The summed E-state index contributed by atoms with van der Waals surface area (Å²) in [6, 6.07) is 2.41. The van der Waals surface area contributed by atoms with Gasteiger partial charge in [0.1, 0.15) is 6.54 Å². The minimum atomic E-state index is -3.54. The van der Waals surface area contributed by atoms with E-state index in [4.69, 9.17) is 9.52 Å². The maximum Gasteiger partial charge on any atom is 0.323 e. The maximum atomic E-state index is 12.1. The minimum absolute atomic E-state index is 0.0719. The molecule has 0 bridgehead atoms. The smallest absolute Gasteiger partial charge is 0.323 e. The SMILES string of the molecule is CC(C)CN(CC(=O)O)C(=O)c1ccc(S(C)(=O)=O)o1. The van der Waals surface area contributed by atoms with E-state index in [0.717, 1.165) is 11.2 Å². The monoisotopic (exact) mass is 303 g/mol. The normalized spacial score (nSPS) is 11.6. The van der Waals surface area contributed by atoms with E-state index >= 15 is 0 Å². The van der Waals surface area contributed by atoms with Gasteiger partial charge < -0.3 is 14.4 Å². The lowest BCUT2D eigenvalue weighted by atomic mass is 10.2. The number of nitrogens with zero attached hydrogens (tertiary/aromatic N) is 1. The number of amides is 1. The van der Waals surface area contributed by atoms with Crippen molar-refractivity contribution in [1.29, 1.82) is 0 Å². The van der Waals surface area contributed by atoms with Gasteiger partial charge in [-0.1, -0.05) is 13.8 Å². The standard InChI is InChI=1S/C12H17NO6S/c1-8(2)6-13(7-10(14)15)12(16)9-4-5-11(19-9)20(3,17)18/h4-5,8H,6-7H2,1-3H3,(H,14,15). The molecule has 0 radical (unpaired) electrons. The van der Waals surface area contributed by atoms with Crippen LogP contribution >= 0.6 is 0 Å². The van der Waals surface area contributed by atoms with Gasteiger partial charge in [-0.25, -0.2) is 8.42 Å². The predicted octanol–water partition coefficient (Wildman–Crippen LogP) is 0.866. The van der Waals surface area contributed by atoms with Crippen molar-refractivity contribution in [2.45, 2.75) is 18.9 Å². The van der Waals surface area contributed by atoms with Gasteiger partial charge in [0.2, 0.25) is 14.9 Å². The van der Waals surface area contributed by atoms with E-state index in [1.165, 1.54) is 12.1 Å². The molecule has 0 saturated carbocycles. The molecule has 0 spiro atoms. The fourth-order valence-corrected chi connectivity index (χ4v) is 2.17. The van der Waals surface area contributed by atoms with Gasteiger partial charge in [0.05, 0.1) is 0 Å². The van der Waals surface area contributed by atoms with Crippen molar-refractivity contribution in [3.63, 3.8) is 0 Å². The highest BCUT2D eigenvalue weighted by molar-refractivity contribution is 7.90. The van der Waals surface area contributed by atoms with Crippen LogP contribution in [0.1, 0.15) is 24.4 Å². The lowest BCUT2D eigenvalue weighted by Gasteiger charge is -2.21. The van der Waals surface area contributed by atoms with Crippen molar-refractivity contribution in [1.82, 2.24) is 4.90 Å². The summed E-state index contributed by atoms with van der Waals surface area (Å²) >= 11 is 0. The van der Waals surface area contributed by atoms with Crippen LogP contribution in [0.4, 0.5) is 0 Å². The molecule has 0 aliphatic rings. The lowest BCUT2D eigenvalue weighted by Crippen LogP contribution is -2.38. The molecule has 8 heteroatoms. The Morgan fingerprint density at radius 3 is 2.35 bits per heavy atom. The van der Waals surface area contributed by atoms with Crippen LogP contribution in [0.25, 0.3) is 0 Å². The number of carbonyl (C=O) groups excluding carboxylic acids is 1. The van der Waals surface area contributed by atoms with Gasteiger partial charge in [-0.05, 0) is 18.1 Å². The predicted molar refractivity (Wildman–Crippen MR) is 70.2 cm³/mol. The number of carboxylic acids is 1. The number of rotatable bonds is 6. The number of carboxylic acid groups (broad SMARTS) is 1. The Morgan fingerprint density at radius 2 is 1.95 bits per heavy atom. The number of sulfone groups is 1. The molecule has 1 aromatic rings. The summed E-state index contributed by atoms with van der Waals surface area (Å²) in [6.45, 7) is 3.45. The molecule has 1 rings (SSSR count). The van der Waals surface area contributed by atoms with Crippen LogP contribution in [0.2, 0.25) is 0 Å². The summed E-state index contributed by atoms with van der Waals surface area (Å²) in [5.74, 6) is -1.90. The van der Waals surface area contributed by atoms with E-state index in [0.29, 0.717) is 0 Å². The van der Waals surface area contributed by atoms with Crippen molar-refractivity contribution in [3.8, 4) is 0 Å². The van der Waals surface area contributed by atoms with E-state index in [1.807, 2.05) is 13.8 Å². The lowest BCUT2D eigenvalue weighted by molar-refractivity contribution is -0.137. The van der Waals surface area contributed by atoms with Gasteiger partial charge >= 0.3 is 5.97 Å². The molecule has 1 amide bonds. The van der Waals surface area contributed by atoms with Crippen LogP contribution in [0.5, 0.6) is 0 Å². The third-order valence-corrected chi connectivity index (χ3v) is 3.31. The first-order valence-corrected chi connectivity index (χ1v) is 7.81. The molecule has 0 atom stereocenters. The molecular weight excluding hydrogens is 286 g/mol. The van der Waals surface area contributed by atoms with Gasteiger partial charge in [-0.15, -0.1) is 0 Å². The highest BCUT2D eigenvalue weighted by Crippen LogP contribution is 2.16. The Morgan fingerprint density at radius 1 is 1.35 bits per heavy atom. The largest absolute Gasteiger partial charge is 0.480 e. The average Bonchev–Trinajstić information content (AvgIpc) is 2.74. The second-order valence-electron chi connectivity index (χ2n) is 4.86. The van der Waals surface area contributed by atoms with Crippen molar-refractivity contribution in [3.05, 3.63) is 17.9 Å². The molecule has 1 N–H and O–H groups in total. The Hall–Kier alpha value is -1.83. The molecule has 0 saturated heterocycles. The third kappa shape index (κ3) is 4.37. The first kappa shape index (κ1) is 16.2. The maximum absolute atomic E-state index is 12.1. The summed E-state index contributed by atoms with van der Waals surface area (Å²) in [5, 5.41) is 8.49. The second-order valence-corrected chi connectivity index (χ2v) is 6.81. The number of furan rings is 1. The number of carbonyl (C=O) groups is 2. The summed E-state index contributed by atoms with van der Waals surface area (Å²) in [6.07, 6.45) is 0.962. The van der Waals surface area contributed by atoms with E-state index in [9.17, 15) is 18.0 Å². The van der Waals surface area contributed by atoms with Crippen LogP contribution in [-0.2, 0) is 14.6 Å². The Balaban J connectivity index is 3.00. The Labute approximate surface area is 117 Å². The number of hydrogen-bond acceptors (Lipinski definition) is 5. The molecule has 0 aliphatic heterocycles. The van der Waals surface area contributed by atoms with Crippen LogP contribution < -0.4 is 0 Å². The van der Waals surface area contributed by atoms with E-state index in [2.05, 4.69) is 0 Å². The molecule has 0 fully saturated rings. The first-order chi connectivity index (χ1) is 9.11. The van der Waals surface area contributed by atoms with Crippen molar-refractivity contribution in [2.75, 3.05) is 19.3 Å². The van der Waals surface area contributed by atoms with Gasteiger partial charge in [0.15, 0.2) is 5.76 Å². The Kier molecular flexibility index (Phi) is 4.93. The molecule has 0 aromatic carbocycles. The van der Waals surface area contributed by atoms with Crippen LogP contribution in [0, 0.1) is 5.92 Å². The van der Waals surface area contributed by atoms with E-state index in [-0.39, 0.29) is 23.3 Å². The van der Waals surface area contributed by atoms with Crippen LogP contribution in [-0.4, -0.2) is 49.6 Å². The summed E-state index contributed by atoms with van der Waals surface area (Å²) in [4.78, 5) is 24.0. The second kappa shape index (κ2) is 6.08. The van der Waals surface area contributed by atoms with Gasteiger partial charge in [-0.2, -0.15) is 0 Å². The molecule has 1 heterocycles. The van der Waals surface area contributed by atoms with Gasteiger partial charge in [-0.3, -0.25) is 9.59 Å². The minimum Gasteiger partial charge on any atom is -0.480 e. The Bertz CT molecular complexity index is 601. The summed E-state index contributed by atoms with van der Waals surface area (Å²) in [7, 11) is -3.54. The molecule has 112 valence electrons. The summed E-state index contributed by atoms with van der Waals surface area (Å²) < 4.78 is 27.5. The number of aliphatic carboxylic acids is 1. The van der Waals surface area contributed by atoms with Crippen molar-refractivity contribution >= 4 is 21.7 Å². The zero-order valence-corrected chi connectivity index (χ0v) is 12.3. The third-order valence-electron chi connectivity index (χ3n) is 2.36. The topological polar surface area (TPSA) is 105 Å². The molecule has 0 aliphatic carbocycles. The first-order valence-electron chi connectivity index (χ1n) is 5.92. The van der Waals surface area contributed by atoms with Crippen LogP contribution in [0.15, 0.2) is 21.6 Å². The quantitative estimate of drug-likeness (QED) is 0.836. The zero-order valence-electron chi connectivity index (χ0n) is 11.5. The highest BCUT2D eigenvalue weighted by Gasteiger charge is 2.24. The molecular formula is C12H17NO6S. The van der Waals surface area contributed by atoms with E-state index in [1.54, 1.807) is 0 Å². The van der Waals surface area contributed by atoms with E-state index < -0.39 is 28.3 Å².